The highest BCUT2D eigenvalue weighted by atomic mass is 16.7. The van der Waals surface area contributed by atoms with Crippen LogP contribution in [0, 0.1) is 22.7 Å². The van der Waals surface area contributed by atoms with Gasteiger partial charge in [0.1, 0.15) is 42.7 Å². The molecule has 44 heavy (non-hydrogen) atoms. The van der Waals surface area contributed by atoms with Crippen LogP contribution < -0.4 is 0 Å². The normalized spacial score (nSPS) is 51.3. The molecule has 4 aliphatic rings. The van der Waals surface area contributed by atoms with Crippen LogP contribution in [0.4, 0.5) is 0 Å². The Bertz CT molecular complexity index is 979. The average molecular weight is 633 g/mol. The average Bonchev–Trinajstić information content (AvgIpc) is 2.96. The molecule has 0 aromatic heterocycles. The van der Waals surface area contributed by atoms with E-state index in [2.05, 4.69) is 20.4 Å². The van der Waals surface area contributed by atoms with Gasteiger partial charge in [-0.15, -0.1) is 6.58 Å². The molecule has 2 aliphatic heterocycles. The van der Waals surface area contributed by atoms with Gasteiger partial charge in [0.15, 0.2) is 12.6 Å². The van der Waals surface area contributed by atoms with Crippen molar-refractivity contribution in [2.75, 3.05) is 13.2 Å². The fourth-order valence-electron chi connectivity index (χ4n) is 8.74. The van der Waals surface area contributed by atoms with Crippen molar-refractivity contribution < 1.29 is 59.8 Å². The molecule has 0 aromatic carbocycles. The van der Waals surface area contributed by atoms with Gasteiger partial charge in [-0.3, -0.25) is 0 Å². The highest BCUT2D eigenvalue weighted by Gasteiger charge is 2.59. The molecule has 8 N–H and O–H groups in total. The molecule has 256 valence electrons. The minimum atomic E-state index is -1.56. The first-order valence-electron chi connectivity index (χ1n) is 16.1. The second-order valence-electron chi connectivity index (χ2n) is 14.9. The second-order valence-corrected chi connectivity index (χ2v) is 14.9. The van der Waals surface area contributed by atoms with E-state index in [1.54, 1.807) is 19.9 Å². The van der Waals surface area contributed by atoms with Crippen LogP contribution in [0.5, 0.6) is 0 Å². The highest BCUT2D eigenvalue weighted by molar-refractivity contribution is 5.09. The summed E-state index contributed by atoms with van der Waals surface area (Å²) in [6.07, 6.45) is -6.05. The SMILES string of the molecule is C=C[C@](C)(CC[C@H]1[C@]2(C)CCC[C@@](C)(CO[C@@H]3O[C@@H](C)[C@H](O)[C@@H](O)[C@H]3O)[C@H]2CC[C@@]1(C)O)O[C@@H]1O[C@H](CO)[C@@H](O)[C@H](O)[C@H]1O. The Hall–Kier alpha value is -0.740. The van der Waals surface area contributed by atoms with Crippen LogP contribution in [0.25, 0.3) is 0 Å². The summed E-state index contributed by atoms with van der Waals surface area (Å²) in [5.74, 6) is 0.0311. The maximum Gasteiger partial charge on any atom is 0.187 e. The van der Waals surface area contributed by atoms with Gasteiger partial charge in [-0.05, 0) is 82.0 Å². The predicted octanol–water partition coefficient (Wildman–Crippen LogP) is 0.346. The van der Waals surface area contributed by atoms with E-state index in [-0.39, 0.29) is 29.3 Å². The molecule has 16 atom stereocenters. The van der Waals surface area contributed by atoms with Gasteiger partial charge in [0.25, 0.3) is 0 Å². The zero-order valence-electron chi connectivity index (χ0n) is 26.8. The summed E-state index contributed by atoms with van der Waals surface area (Å²) in [5, 5.41) is 83.1. The molecule has 0 bridgehead atoms. The first-order valence-corrected chi connectivity index (χ1v) is 16.1. The summed E-state index contributed by atoms with van der Waals surface area (Å²) >= 11 is 0. The Morgan fingerprint density at radius 3 is 2.16 bits per heavy atom. The van der Waals surface area contributed by atoms with Gasteiger partial charge >= 0.3 is 0 Å². The molecular formula is C32H56O12. The summed E-state index contributed by atoms with van der Waals surface area (Å²) in [4.78, 5) is 0. The minimum absolute atomic E-state index is 0.139. The van der Waals surface area contributed by atoms with Crippen molar-refractivity contribution in [3.63, 3.8) is 0 Å². The van der Waals surface area contributed by atoms with E-state index in [4.69, 9.17) is 18.9 Å². The third kappa shape index (κ3) is 6.79. The second kappa shape index (κ2) is 13.4. The van der Waals surface area contributed by atoms with E-state index in [9.17, 15) is 40.9 Å². The van der Waals surface area contributed by atoms with E-state index in [1.165, 1.54) is 0 Å². The molecule has 12 nitrogen and oxygen atoms in total. The molecule has 2 saturated heterocycles. The van der Waals surface area contributed by atoms with Crippen LogP contribution in [0.1, 0.15) is 79.6 Å². The van der Waals surface area contributed by atoms with Gasteiger partial charge in [-0.25, -0.2) is 0 Å². The van der Waals surface area contributed by atoms with Gasteiger partial charge in [0.05, 0.1) is 30.5 Å². The van der Waals surface area contributed by atoms with Crippen molar-refractivity contribution in [3.05, 3.63) is 12.7 Å². The van der Waals surface area contributed by atoms with Crippen LogP contribution in [-0.2, 0) is 18.9 Å². The number of aliphatic hydroxyl groups is 8. The largest absolute Gasteiger partial charge is 0.394 e. The molecule has 4 rings (SSSR count). The molecule has 4 fully saturated rings. The number of hydrogen-bond donors (Lipinski definition) is 8. The summed E-state index contributed by atoms with van der Waals surface area (Å²) in [7, 11) is 0. The Kier molecular flexibility index (Phi) is 11.0. The summed E-state index contributed by atoms with van der Waals surface area (Å²) in [5.41, 5.74) is -2.57. The Morgan fingerprint density at radius 2 is 1.52 bits per heavy atom. The zero-order valence-corrected chi connectivity index (χ0v) is 26.8. The lowest BCUT2D eigenvalue weighted by Gasteiger charge is -2.62. The van der Waals surface area contributed by atoms with Crippen LogP contribution in [0.15, 0.2) is 12.7 Å². The lowest BCUT2D eigenvalue weighted by molar-refractivity contribution is -0.320. The summed E-state index contributed by atoms with van der Waals surface area (Å²) in [6, 6.07) is 0. The number of aliphatic hydroxyl groups excluding tert-OH is 7. The van der Waals surface area contributed by atoms with E-state index in [0.29, 0.717) is 19.3 Å². The quantitative estimate of drug-likeness (QED) is 0.154. The molecule has 0 spiro atoms. The molecule has 2 heterocycles. The first-order chi connectivity index (χ1) is 20.4. The molecule has 2 saturated carbocycles. The molecule has 0 aromatic rings. The predicted molar refractivity (Wildman–Crippen MR) is 158 cm³/mol. The van der Waals surface area contributed by atoms with Gasteiger partial charge in [-0.1, -0.05) is 26.3 Å². The minimum Gasteiger partial charge on any atom is -0.394 e. The van der Waals surface area contributed by atoms with Gasteiger partial charge < -0.3 is 59.8 Å². The third-order valence-electron chi connectivity index (χ3n) is 11.6. The van der Waals surface area contributed by atoms with Crippen LogP contribution >= 0.6 is 0 Å². The molecule has 0 amide bonds. The van der Waals surface area contributed by atoms with Gasteiger partial charge in [0, 0.05) is 0 Å². The van der Waals surface area contributed by atoms with E-state index in [1.807, 2.05) is 6.92 Å². The first kappa shape index (κ1) is 36.1. The lowest BCUT2D eigenvalue weighted by atomic mass is 9.44. The highest BCUT2D eigenvalue weighted by Crippen LogP contribution is 2.63. The zero-order chi connectivity index (χ0) is 32.8. The van der Waals surface area contributed by atoms with Crippen LogP contribution in [0.3, 0.4) is 0 Å². The Morgan fingerprint density at radius 1 is 0.886 bits per heavy atom. The molecule has 0 radical (unpaired) electrons. The fraction of sp³-hybridized carbons (Fsp3) is 0.938. The number of fused-ring (bicyclic) bond motifs is 1. The van der Waals surface area contributed by atoms with Crippen molar-refractivity contribution in [2.45, 2.75) is 152 Å². The maximum absolute atomic E-state index is 11.8. The van der Waals surface area contributed by atoms with Crippen molar-refractivity contribution in [1.29, 1.82) is 0 Å². The Labute approximate surface area is 260 Å². The summed E-state index contributed by atoms with van der Waals surface area (Å²) in [6.45, 7) is 13.4. The molecule has 0 unspecified atom stereocenters. The van der Waals surface area contributed by atoms with Crippen molar-refractivity contribution in [1.82, 2.24) is 0 Å². The number of rotatable bonds is 10. The monoisotopic (exact) mass is 632 g/mol. The van der Waals surface area contributed by atoms with Gasteiger partial charge in [-0.2, -0.15) is 0 Å². The smallest absolute Gasteiger partial charge is 0.187 e. The van der Waals surface area contributed by atoms with E-state index < -0.39 is 79.2 Å². The molecular weight excluding hydrogens is 576 g/mol. The van der Waals surface area contributed by atoms with Crippen LogP contribution in [0.2, 0.25) is 0 Å². The van der Waals surface area contributed by atoms with Crippen molar-refractivity contribution in [3.8, 4) is 0 Å². The number of hydrogen-bond acceptors (Lipinski definition) is 12. The molecule has 12 heteroatoms. The van der Waals surface area contributed by atoms with Crippen LogP contribution in [-0.4, -0.2) is 127 Å². The van der Waals surface area contributed by atoms with E-state index >= 15 is 0 Å². The Balaban J connectivity index is 1.48. The lowest BCUT2D eigenvalue weighted by Crippen LogP contribution is -2.61. The standard InChI is InChI=1S/C32H56O12/c1-7-30(4,44-28-26(39)24(37)22(35)18(15-33)43-28)13-9-20-31(5)12-8-11-29(3,19(31)10-14-32(20,6)40)16-41-27-25(38)23(36)21(34)17(2)42-27/h7,17-28,33-40H,1,8-16H2,2-6H3/t17-,18+,19+,20-,21-,22+,23+,24-,25+,26+,27+,28-,29-,30+,31+,32+/m0/s1. The van der Waals surface area contributed by atoms with Crippen molar-refractivity contribution in [2.24, 2.45) is 22.7 Å². The third-order valence-corrected chi connectivity index (χ3v) is 11.6. The molecule has 2 aliphatic carbocycles. The fourth-order valence-corrected chi connectivity index (χ4v) is 8.74. The van der Waals surface area contributed by atoms with Gasteiger partial charge in [0.2, 0.25) is 0 Å². The maximum atomic E-state index is 11.8. The summed E-state index contributed by atoms with van der Waals surface area (Å²) < 4.78 is 23.6. The van der Waals surface area contributed by atoms with E-state index in [0.717, 1.165) is 25.7 Å². The van der Waals surface area contributed by atoms with Crippen molar-refractivity contribution >= 4 is 0 Å². The number of ether oxygens (including phenoxy) is 4. The topological polar surface area (TPSA) is 199 Å².